The summed E-state index contributed by atoms with van der Waals surface area (Å²) >= 11 is 0. The van der Waals surface area contributed by atoms with Gasteiger partial charge in [0.05, 0.1) is 18.8 Å². The number of imidazole rings is 1. The molecular formula is C13H20F2IN7. The molecule has 0 aliphatic carbocycles. The first-order chi connectivity index (χ1) is 10.6. The molecule has 0 spiro atoms. The van der Waals surface area contributed by atoms with Gasteiger partial charge in [-0.3, -0.25) is 9.25 Å². The van der Waals surface area contributed by atoms with Gasteiger partial charge >= 0.3 is 6.55 Å². The smallest absolute Gasteiger partial charge is 0.319 e. The fraction of sp³-hybridized carbons (Fsp3) is 0.462. The molecule has 0 radical (unpaired) electrons. The standard InChI is InChI=1S/C13H19F2N7.HI/c1-3-16-13(18-8-10-4-5-20-21(10)2)19-9-11-17-6-7-22(11)12(14)15;/h4-7,12H,3,8-9H2,1-2H3,(H2,16,18,19);1H. The van der Waals surface area contributed by atoms with Crippen molar-refractivity contribution in [2.24, 2.45) is 12.0 Å². The Morgan fingerprint density at radius 1 is 1.35 bits per heavy atom. The number of aliphatic imine (C=N–C) groups is 1. The third-order valence-corrected chi connectivity index (χ3v) is 3.04. The highest BCUT2D eigenvalue weighted by Gasteiger charge is 2.11. The van der Waals surface area contributed by atoms with Crippen molar-refractivity contribution in [2.45, 2.75) is 26.6 Å². The monoisotopic (exact) mass is 439 g/mol. The van der Waals surface area contributed by atoms with Gasteiger partial charge in [-0.05, 0) is 13.0 Å². The zero-order valence-corrected chi connectivity index (χ0v) is 15.2. The van der Waals surface area contributed by atoms with E-state index in [-0.39, 0.29) is 36.3 Å². The molecule has 2 aromatic rings. The predicted molar refractivity (Wildman–Crippen MR) is 93.8 cm³/mol. The number of nitrogens with one attached hydrogen (secondary N) is 2. The average molecular weight is 439 g/mol. The third-order valence-electron chi connectivity index (χ3n) is 3.04. The number of hydrogen-bond acceptors (Lipinski definition) is 3. The molecule has 2 rings (SSSR count). The Labute approximate surface area is 150 Å². The number of halogens is 3. The highest BCUT2D eigenvalue weighted by atomic mass is 127. The first-order valence-electron chi connectivity index (χ1n) is 6.90. The summed E-state index contributed by atoms with van der Waals surface area (Å²) < 4.78 is 28.1. The van der Waals surface area contributed by atoms with Crippen LogP contribution in [0.15, 0.2) is 29.6 Å². The van der Waals surface area contributed by atoms with Gasteiger partial charge in [0.2, 0.25) is 0 Å². The second-order valence-corrected chi connectivity index (χ2v) is 4.52. The van der Waals surface area contributed by atoms with Gasteiger partial charge in [-0.2, -0.15) is 13.9 Å². The summed E-state index contributed by atoms with van der Waals surface area (Å²) in [5.74, 6) is 0.786. The van der Waals surface area contributed by atoms with Gasteiger partial charge < -0.3 is 10.6 Å². The summed E-state index contributed by atoms with van der Waals surface area (Å²) in [6.45, 7) is 0.597. The maximum Gasteiger partial charge on any atom is 0.319 e. The van der Waals surface area contributed by atoms with Crippen LogP contribution >= 0.6 is 24.0 Å². The van der Waals surface area contributed by atoms with Crippen LogP contribution in [-0.4, -0.2) is 31.8 Å². The highest BCUT2D eigenvalue weighted by molar-refractivity contribution is 14.0. The van der Waals surface area contributed by atoms with Crippen LogP contribution in [0.1, 0.15) is 25.0 Å². The number of guanidine groups is 1. The number of alkyl halides is 2. The number of aryl methyl sites for hydroxylation is 1. The molecule has 0 aliphatic heterocycles. The van der Waals surface area contributed by atoms with E-state index < -0.39 is 6.55 Å². The Morgan fingerprint density at radius 2 is 2.13 bits per heavy atom. The Hall–Kier alpha value is -1.72. The van der Waals surface area contributed by atoms with E-state index in [1.807, 2.05) is 20.0 Å². The summed E-state index contributed by atoms with van der Waals surface area (Å²) in [6, 6.07) is 1.87. The molecule has 0 aliphatic rings. The van der Waals surface area contributed by atoms with Crippen molar-refractivity contribution in [1.82, 2.24) is 30.0 Å². The van der Waals surface area contributed by atoms with Gasteiger partial charge in [-0.1, -0.05) is 0 Å². The lowest BCUT2D eigenvalue weighted by Crippen LogP contribution is -2.37. The van der Waals surface area contributed by atoms with E-state index in [2.05, 4.69) is 25.7 Å². The van der Waals surface area contributed by atoms with Crippen LogP contribution in [0.5, 0.6) is 0 Å². The molecule has 0 unspecified atom stereocenters. The minimum Gasteiger partial charge on any atom is -0.357 e. The minimum absolute atomic E-state index is 0. The molecular weight excluding hydrogens is 419 g/mol. The zero-order chi connectivity index (χ0) is 15.9. The first kappa shape index (κ1) is 19.3. The normalized spacial score (nSPS) is 11.4. The van der Waals surface area contributed by atoms with Crippen molar-refractivity contribution in [3.8, 4) is 0 Å². The first-order valence-corrected chi connectivity index (χ1v) is 6.90. The van der Waals surface area contributed by atoms with Crippen molar-refractivity contribution in [3.63, 3.8) is 0 Å². The summed E-state index contributed by atoms with van der Waals surface area (Å²) in [7, 11) is 1.84. The van der Waals surface area contributed by atoms with E-state index >= 15 is 0 Å². The van der Waals surface area contributed by atoms with E-state index in [9.17, 15) is 8.78 Å². The predicted octanol–water partition coefficient (Wildman–Crippen LogP) is 1.89. The number of aromatic nitrogens is 4. The molecule has 0 amide bonds. The Morgan fingerprint density at radius 3 is 2.74 bits per heavy atom. The average Bonchev–Trinajstić information content (AvgIpc) is 3.11. The fourth-order valence-electron chi connectivity index (χ4n) is 1.88. The van der Waals surface area contributed by atoms with Crippen LogP contribution in [0, 0.1) is 0 Å². The molecule has 128 valence electrons. The van der Waals surface area contributed by atoms with Gasteiger partial charge in [-0.15, -0.1) is 24.0 Å². The highest BCUT2D eigenvalue weighted by Crippen LogP contribution is 2.11. The molecule has 2 N–H and O–H groups in total. The van der Waals surface area contributed by atoms with Gasteiger partial charge in [-0.25, -0.2) is 9.98 Å². The number of rotatable bonds is 6. The Kier molecular flexibility index (Phi) is 7.92. The van der Waals surface area contributed by atoms with Crippen molar-refractivity contribution in [2.75, 3.05) is 6.54 Å². The van der Waals surface area contributed by atoms with Crippen molar-refractivity contribution < 1.29 is 8.78 Å². The van der Waals surface area contributed by atoms with Crippen molar-refractivity contribution in [3.05, 3.63) is 36.2 Å². The van der Waals surface area contributed by atoms with Gasteiger partial charge in [0.25, 0.3) is 0 Å². The maximum atomic E-state index is 12.8. The van der Waals surface area contributed by atoms with E-state index in [1.54, 1.807) is 10.9 Å². The molecule has 0 bridgehead atoms. The van der Waals surface area contributed by atoms with Crippen LogP contribution in [0.25, 0.3) is 0 Å². The summed E-state index contributed by atoms with van der Waals surface area (Å²) in [6.07, 6.45) is 4.30. The number of hydrogen-bond donors (Lipinski definition) is 2. The molecule has 2 heterocycles. The van der Waals surface area contributed by atoms with Crippen LogP contribution in [-0.2, 0) is 20.1 Å². The van der Waals surface area contributed by atoms with Gasteiger partial charge in [0.15, 0.2) is 5.96 Å². The lowest BCUT2D eigenvalue weighted by molar-refractivity contribution is 0.0668. The molecule has 7 nitrogen and oxygen atoms in total. The molecule has 23 heavy (non-hydrogen) atoms. The SMILES string of the molecule is CCNC(=NCc1ccnn1C)NCc1nccn1C(F)F.I. The third kappa shape index (κ3) is 5.44. The molecule has 10 heteroatoms. The topological polar surface area (TPSA) is 72.1 Å². The number of nitrogens with zero attached hydrogens (tertiary/aromatic N) is 5. The summed E-state index contributed by atoms with van der Waals surface area (Å²) in [4.78, 5) is 8.32. The molecule has 0 aromatic carbocycles. The quantitative estimate of drug-likeness (QED) is 0.410. The second kappa shape index (κ2) is 9.43. The van der Waals surface area contributed by atoms with Gasteiger partial charge in [0, 0.05) is 32.2 Å². The molecule has 0 saturated carbocycles. The second-order valence-electron chi connectivity index (χ2n) is 4.52. The lowest BCUT2D eigenvalue weighted by atomic mass is 10.4. The minimum atomic E-state index is -2.60. The Bertz CT molecular complexity index is 623. The summed E-state index contributed by atoms with van der Waals surface area (Å²) in [5, 5.41) is 10.1. The van der Waals surface area contributed by atoms with E-state index in [0.29, 0.717) is 19.0 Å². The zero-order valence-electron chi connectivity index (χ0n) is 12.9. The van der Waals surface area contributed by atoms with Gasteiger partial charge in [0.1, 0.15) is 5.82 Å². The fourth-order valence-corrected chi connectivity index (χ4v) is 1.88. The molecule has 0 saturated heterocycles. The van der Waals surface area contributed by atoms with Crippen LogP contribution in [0.2, 0.25) is 0 Å². The van der Waals surface area contributed by atoms with E-state index in [4.69, 9.17) is 0 Å². The summed E-state index contributed by atoms with van der Waals surface area (Å²) in [5.41, 5.74) is 0.950. The van der Waals surface area contributed by atoms with Crippen LogP contribution in [0.3, 0.4) is 0 Å². The van der Waals surface area contributed by atoms with Crippen LogP contribution < -0.4 is 10.6 Å². The van der Waals surface area contributed by atoms with E-state index in [0.717, 1.165) is 10.3 Å². The van der Waals surface area contributed by atoms with Crippen molar-refractivity contribution >= 4 is 29.9 Å². The van der Waals surface area contributed by atoms with E-state index in [1.165, 1.54) is 12.4 Å². The maximum absolute atomic E-state index is 12.8. The molecule has 0 fully saturated rings. The van der Waals surface area contributed by atoms with Crippen molar-refractivity contribution in [1.29, 1.82) is 0 Å². The molecule has 0 atom stereocenters. The largest absolute Gasteiger partial charge is 0.357 e. The van der Waals surface area contributed by atoms with Crippen LogP contribution in [0.4, 0.5) is 8.78 Å². The molecule has 2 aromatic heterocycles. The Balaban J connectivity index is 0.00000264. The lowest BCUT2D eigenvalue weighted by Gasteiger charge is -2.12.